The molecule has 1 heterocycles. The molecule has 0 radical (unpaired) electrons. The molecule has 3 heteroatoms. The molecule has 0 aromatic heterocycles. The Kier molecular flexibility index (Phi) is 3.16. The molecular formula is C15H19NO2. The molecule has 96 valence electrons. The molecule has 0 saturated carbocycles. The van der Waals surface area contributed by atoms with Crippen molar-refractivity contribution in [1.29, 1.82) is 0 Å². The van der Waals surface area contributed by atoms with Crippen molar-refractivity contribution >= 4 is 17.4 Å². The molecule has 0 unspecified atom stereocenters. The Labute approximate surface area is 108 Å². The third-order valence-electron chi connectivity index (χ3n) is 2.81. The number of amides is 1. The quantitative estimate of drug-likeness (QED) is 0.695. The number of allylic oxidation sites excluding steroid dienone is 1. The summed E-state index contributed by atoms with van der Waals surface area (Å²) in [5.41, 5.74) is 2.74. The lowest BCUT2D eigenvalue weighted by atomic mass is 10.0. The van der Waals surface area contributed by atoms with Gasteiger partial charge in [0.05, 0.1) is 5.69 Å². The number of para-hydroxylation sites is 1. The minimum absolute atomic E-state index is 0.293. The molecule has 3 nitrogen and oxygen atoms in total. The highest BCUT2D eigenvalue weighted by Gasteiger charge is 2.26. The van der Waals surface area contributed by atoms with Crippen LogP contribution in [0.4, 0.5) is 10.5 Å². The summed E-state index contributed by atoms with van der Waals surface area (Å²) in [6, 6.07) is 7.90. The van der Waals surface area contributed by atoms with Gasteiger partial charge in [0.1, 0.15) is 5.60 Å². The average Bonchev–Trinajstić information content (AvgIpc) is 2.27. The normalized spacial score (nSPS) is 14.9. The number of carbonyl (C=O) groups is 1. The molecule has 0 N–H and O–H groups in total. The van der Waals surface area contributed by atoms with Crippen LogP contribution in [-0.4, -0.2) is 18.2 Å². The number of anilines is 1. The maximum absolute atomic E-state index is 12.2. The Balaban J connectivity index is 2.30. The fourth-order valence-electron chi connectivity index (χ4n) is 1.97. The van der Waals surface area contributed by atoms with Crippen molar-refractivity contribution < 1.29 is 9.53 Å². The van der Waals surface area contributed by atoms with E-state index in [1.807, 2.05) is 51.1 Å². The molecular weight excluding hydrogens is 226 g/mol. The van der Waals surface area contributed by atoms with E-state index in [9.17, 15) is 4.79 Å². The van der Waals surface area contributed by atoms with Gasteiger partial charge >= 0.3 is 6.09 Å². The first-order valence-corrected chi connectivity index (χ1v) is 6.15. The maximum atomic E-state index is 12.2. The Hall–Kier alpha value is -1.77. The summed E-state index contributed by atoms with van der Waals surface area (Å²) in [5, 5.41) is 0. The average molecular weight is 245 g/mol. The minimum Gasteiger partial charge on any atom is -0.443 e. The second-order valence-electron chi connectivity index (χ2n) is 5.50. The van der Waals surface area contributed by atoms with Crippen LogP contribution in [0.1, 0.15) is 33.3 Å². The minimum atomic E-state index is -0.470. The van der Waals surface area contributed by atoms with E-state index in [4.69, 9.17) is 4.74 Å². The topological polar surface area (TPSA) is 29.5 Å². The van der Waals surface area contributed by atoms with Gasteiger partial charge in [0.2, 0.25) is 0 Å². The van der Waals surface area contributed by atoms with Crippen LogP contribution in [0.2, 0.25) is 0 Å². The van der Waals surface area contributed by atoms with E-state index in [2.05, 4.69) is 6.92 Å². The first-order chi connectivity index (χ1) is 8.38. The Morgan fingerprint density at radius 1 is 1.28 bits per heavy atom. The molecule has 1 aliphatic rings. The molecule has 0 atom stereocenters. The summed E-state index contributed by atoms with van der Waals surface area (Å²) < 4.78 is 5.43. The predicted molar refractivity (Wildman–Crippen MR) is 73.7 cm³/mol. The first-order valence-electron chi connectivity index (χ1n) is 6.15. The number of ether oxygens (including phenoxy) is 1. The third kappa shape index (κ3) is 2.55. The number of benzene rings is 1. The number of fused-ring (bicyclic) bond motifs is 1. The van der Waals surface area contributed by atoms with Crippen molar-refractivity contribution in [3.63, 3.8) is 0 Å². The van der Waals surface area contributed by atoms with Crippen LogP contribution in [-0.2, 0) is 4.74 Å². The van der Waals surface area contributed by atoms with Gasteiger partial charge in [-0.15, -0.1) is 0 Å². The molecule has 1 aromatic rings. The van der Waals surface area contributed by atoms with Crippen LogP contribution in [0.5, 0.6) is 0 Å². The molecule has 0 fully saturated rings. The maximum Gasteiger partial charge on any atom is 0.415 e. The van der Waals surface area contributed by atoms with Crippen LogP contribution >= 0.6 is 0 Å². The Morgan fingerprint density at radius 2 is 1.94 bits per heavy atom. The van der Waals surface area contributed by atoms with Gasteiger partial charge in [-0.1, -0.05) is 24.3 Å². The predicted octanol–water partition coefficient (Wildman–Crippen LogP) is 3.85. The van der Waals surface area contributed by atoms with Gasteiger partial charge in [-0.2, -0.15) is 0 Å². The summed E-state index contributed by atoms with van der Waals surface area (Å²) in [6.07, 6.45) is 1.76. The van der Waals surface area contributed by atoms with Crippen molar-refractivity contribution in [2.45, 2.75) is 33.3 Å². The SMILES string of the molecule is CC1=CCN(C(=O)OC(C)(C)C)c2ccccc21. The lowest BCUT2D eigenvalue weighted by Gasteiger charge is -2.30. The van der Waals surface area contributed by atoms with Gasteiger partial charge in [0.25, 0.3) is 0 Å². The van der Waals surface area contributed by atoms with E-state index in [0.717, 1.165) is 11.3 Å². The Bertz CT molecular complexity index is 497. The van der Waals surface area contributed by atoms with Crippen molar-refractivity contribution in [1.82, 2.24) is 0 Å². The molecule has 0 bridgehead atoms. The summed E-state index contributed by atoms with van der Waals surface area (Å²) >= 11 is 0. The number of hydrogen-bond donors (Lipinski definition) is 0. The highest BCUT2D eigenvalue weighted by Crippen LogP contribution is 2.31. The monoisotopic (exact) mass is 245 g/mol. The Morgan fingerprint density at radius 3 is 2.61 bits per heavy atom. The molecule has 1 amide bonds. The van der Waals surface area contributed by atoms with E-state index < -0.39 is 5.60 Å². The molecule has 18 heavy (non-hydrogen) atoms. The number of rotatable bonds is 0. The number of nitrogens with zero attached hydrogens (tertiary/aromatic N) is 1. The van der Waals surface area contributed by atoms with Crippen LogP contribution in [0.15, 0.2) is 30.3 Å². The van der Waals surface area contributed by atoms with E-state index in [0.29, 0.717) is 6.54 Å². The van der Waals surface area contributed by atoms with Crippen LogP contribution < -0.4 is 4.90 Å². The lowest BCUT2D eigenvalue weighted by Crippen LogP contribution is -2.38. The van der Waals surface area contributed by atoms with E-state index in [1.54, 1.807) is 4.90 Å². The second-order valence-corrected chi connectivity index (χ2v) is 5.50. The third-order valence-corrected chi connectivity index (χ3v) is 2.81. The van der Waals surface area contributed by atoms with Gasteiger partial charge in [-0.3, -0.25) is 4.90 Å². The van der Waals surface area contributed by atoms with E-state index >= 15 is 0 Å². The molecule has 1 aliphatic heterocycles. The highest BCUT2D eigenvalue weighted by atomic mass is 16.6. The zero-order chi connectivity index (χ0) is 13.3. The highest BCUT2D eigenvalue weighted by molar-refractivity contribution is 5.94. The van der Waals surface area contributed by atoms with Gasteiger partial charge in [-0.05, 0) is 39.3 Å². The lowest BCUT2D eigenvalue weighted by molar-refractivity contribution is 0.0584. The molecule has 0 saturated heterocycles. The van der Waals surface area contributed by atoms with Gasteiger partial charge in [0, 0.05) is 12.1 Å². The standard InChI is InChI=1S/C15H19NO2/c1-11-9-10-16(14(17)18-15(2,3)4)13-8-6-5-7-12(11)13/h5-9H,10H2,1-4H3. The first kappa shape index (κ1) is 12.7. The van der Waals surface area contributed by atoms with Crippen LogP contribution in [0.3, 0.4) is 0 Å². The molecule has 2 rings (SSSR count). The fraction of sp³-hybridized carbons (Fsp3) is 0.400. The molecule has 0 aliphatic carbocycles. The van der Waals surface area contributed by atoms with E-state index in [1.165, 1.54) is 5.57 Å². The van der Waals surface area contributed by atoms with Gasteiger partial charge in [-0.25, -0.2) is 4.79 Å². The van der Waals surface area contributed by atoms with Crippen LogP contribution in [0.25, 0.3) is 5.57 Å². The van der Waals surface area contributed by atoms with Crippen molar-refractivity contribution in [2.75, 3.05) is 11.4 Å². The smallest absolute Gasteiger partial charge is 0.415 e. The molecule has 0 spiro atoms. The largest absolute Gasteiger partial charge is 0.443 e. The number of hydrogen-bond acceptors (Lipinski definition) is 2. The number of carbonyl (C=O) groups excluding carboxylic acids is 1. The summed E-state index contributed by atoms with van der Waals surface area (Å²) in [4.78, 5) is 13.8. The van der Waals surface area contributed by atoms with Gasteiger partial charge in [0.15, 0.2) is 0 Å². The second kappa shape index (κ2) is 4.48. The van der Waals surface area contributed by atoms with Crippen LogP contribution in [0, 0.1) is 0 Å². The summed E-state index contributed by atoms with van der Waals surface area (Å²) in [6.45, 7) is 8.26. The van der Waals surface area contributed by atoms with Crippen molar-refractivity contribution in [3.05, 3.63) is 35.9 Å². The van der Waals surface area contributed by atoms with Gasteiger partial charge < -0.3 is 4.74 Å². The zero-order valence-corrected chi connectivity index (χ0v) is 11.4. The van der Waals surface area contributed by atoms with E-state index in [-0.39, 0.29) is 6.09 Å². The summed E-state index contributed by atoms with van der Waals surface area (Å²) in [5.74, 6) is 0. The van der Waals surface area contributed by atoms with Crippen molar-refractivity contribution in [3.8, 4) is 0 Å². The van der Waals surface area contributed by atoms with Crippen molar-refractivity contribution in [2.24, 2.45) is 0 Å². The fourth-order valence-corrected chi connectivity index (χ4v) is 1.97. The molecule has 1 aromatic carbocycles. The zero-order valence-electron chi connectivity index (χ0n) is 11.4. The summed E-state index contributed by atoms with van der Waals surface area (Å²) in [7, 11) is 0.